The molecule has 2 aromatic carbocycles. The van der Waals surface area contributed by atoms with Crippen LogP contribution in [0.15, 0.2) is 47.4 Å². The van der Waals surface area contributed by atoms with Crippen LogP contribution < -0.4 is 16.0 Å². The minimum absolute atomic E-state index is 0.0458. The maximum atomic E-state index is 13.4. The molecule has 2 amide bonds. The fourth-order valence-electron chi connectivity index (χ4n) is 3.87. The third-order valence-corrected chi connectivity index (χ3v) is 5.74. The van der Waals surface area contributed by atoms with Gasteiger partial charge in [-0.2, -0.15) is 0 Å². The second-order valence-corrected chi connectivity index (χ2v) is 8.05. The van der Waals surface area contributed by atoms with E-state index in [1.165, 1.54) is 12.1 Å². The van der Waals surface area contributed by atoms with Crippen molar-refractivity contribution in [3.8, 4) is 16.9 Å². The molecule has 0 saturated carbocycles. The first-order valence-corrected chi connectivity index (χ1v) is 11.9. The van der Waals surface area contributed by atoms with Crippen LogP contribution in [-0.4, -0.2) is 41.4 Å². The minimum Gasteiger partial charge on any atom is -0.481 e. The maximum Gasteiger partial charge on any atom is 0.263 e. The standard InChI is InChI=1S/C23H22ClFN2O3.C2H6.CH3NO/c1-14(23(29)27-9-3-2-4-10-27)30-16-6-8-17-19(12-16)22(28)26-13-20(17)18-7-5-15(25)11-21(18)24;1-2;2-1-3/h5-8,11-14H,2-4,9-10H2,1H3,(H,26,28);1-2H3;1H,(H2,2,3)/t14-;;/m1../s1. The molecule has 3 aromatic rings. The Morgan fingerprint density at radius 2 is 1.77 bits per heavy atom. The molecular formula is C26H31ClFN3O4. The Morgan fingerprint density at radius 1 is 1.11 bits per heavy atom. The van der Waals surface area contributed by atoms with E-state index in [0.29, 0.717) is 27.6 Å². The number of nitrogens with zero attached hydrogens (tertiary/aromatic N) is 1. The van der Waals surface area contributed by atoms with Crippen LogP contribution in [-0.2, 0) is 9.59 Å². The highest BCUT2D eigenvalue weighted by Crippen LogP contribution is 2.33. The molecule has 4 rings (SSSR count). The number of primary amides is 1. The quantitative estimate of drug-likeness (QED) is 0.494. The van der Waals surface area contributed by atoms with Gasteiger partial charge < -0.3 is 20.4 Å². The van der Waals surface area contributed by atoms with E-state index >= 15 is 0 Å². The molecule has 7 nitrogen and oxygen atoms in total. The lowest BCUT2D eigenvalue weighted by Crippen LogP contribution is -2.43. The molecule has 1 atom stereocenters. The molecule has 0 radical (unpaired) electrons. The zero-order valence-electron chi connectivity index (χ0n) is 20.1. The number of amides is 2. The van der Waals surface area contributed by atoms with E-state index in [9.17, 15) is 14.0 Å². The number of hydrogen-bond donors (Lipinski definition) is 2. The fraction of sp³-hybridized carbons (Fsp3) is 0.346. The first-order chi connectivity index (χ1) is 16.8. The van der Waals surface area contributed by atoms with Crippen LogP contribution >= 0.6 is 11.6 Å². The highest BCUT2D eigenvalue weighted by Gasteiger charge is 2.23. The smallest absolute Gasteiger partial charge is 0.263 e. The molecule has 9 heteroatoms. The number of ether oxygens (including phenoxy) is 1. The van der Waals surface area contributed by atoms with Gasteiger partial charge in [0.25, 0.3) is 11.5 Å². The van der Waals surface area contributed by atoms with Crippen molar-refractivity contribution >= 4 is 34.7 Å². The van der Waals surface area contributed by atoms with Crippen LogP contribution in [0.3, 0.4) is 0 Å². The number of fused-ring (bicyclic) bond motifs is 1. The number of nitrogens with one attached hydrogen (secondary N) is 1. The van der Waals surface area contributed by atoms with Crippen molar-refractivity contribution in [1.29, 1.82) is 0 Å². The van der Waals surface area contributed by atoms with E-state index in [-0.39, 0.29) is 22.9 Å². The molecule has 0 spiro atoms. The molecule has 1 aromatic heterocycles. The van der Waals surface area contributed by atoms with Gasteiger partial charge in [0, 0.05) is 30.4 Å². The molecule has 35 heavy (non-hydrogen) atoms. The first kappa shape index (κ1) is 27.9. The van der Waals surface area contributed by atoms with Gasteiger partial charge in [-0.25, -0.2) is 4.39 Å². The van der Waals surface area contributed by atoms with Gasteiger partial charge in [-0.3, -0.25) is 14.4 Å². The van der Waals surface area contributed by atoms with Crippen molar-refractivity contribution in [2.75, 3.05) is 13.1 Å². The number of H-pyrrole nitrogens is 1. The summed E-state index contributed by atoms with van der Waals surface area (Å²) in [5, 5.41) is 1.32. The van der Waals surface area contributed by atoms with Crippen molar-refractivity contribution in [3.63, 3.8) is 0 Å². The topological polar surface area (TPSA) is 105 Å². The van der Waals surface area contributed by atoms with E-state index in [4.69, 9.17) is 21.1 Å². The third kappa shape index (κ3) is 7.05. The Labute approximate surface area is 209 Å². The van der Waals surface area contributed by atoms with Crippen LogP contribution in [0, 0.1) is 5.82 Å². The maximum absolute atomic E-state index is 13.4. The fourth-order valence-corrected chi connectivity index (χ4v) is 4.14. The molecule has 1 fully saturated rings. The lowest BCUT2D eigenvalue weighted by molar-refractivity contribution is -0.138. The number of aromatic amines is 1. The Kier molecular flexibility index (Phi) is 10.7. The zero-order valence-corrected chi connectivity index (χ0v) is 20.9. The summed E-state index contributed by atoms with van der Waals surface area (Å²) in [6.45, 7) is 7.23. The second kappa shape index (κ2) is 13.5. The highest BCUT2D eigenvalue weighted by molar-refractivity contribution is 6.33. The van der Waals surface area contributed by atoms with E-state index in [0.717, 1.165) is 32.4 Å². The molecule has 1 aliphatic rings. The van der Waals surface area contributed by atoms with Gasteiger partial charge in [0.1, 0.15) is 11.6 Å². The summed E-state index contributed by atoms with van der Waals surface area (Å²) >= 11 is 6.21. The van der Waals surface area contributed by atoms with Crippen molar-refractivity contribution in [1.82, 2.24) is 9.88 Å². The SMILES string of the molecule is CC.C[C@@H](Oc1ccc2c(-c3ccc(F)cc3Cl)c[nH]c(=O)c2c1)C(=O)N1CCCCC1.NC=O. The summed E-state index contributed by atoms with van der Waals surface area (Å²) in [5.41, 5.74) is 5.17. The van der Waals surface area contributed by atoms with E-state index in [1.54, 1.807) is 37.4 Å². The van der Waals surface area contributed by atoms with E-state index in [2.05, 4.69) is 10.7 Å². The number of aromatic nitrogens is 1. The number of pyridine rings is 1. The molecular weight excluding hydrogens is 473 g/mol. The van der Waals surface area contributed by atoms with Crippen molar-refractivity contribution in [2.45, 2.75) is 46.1 Å². The van der Waals surface area contributed by atoms with E-state index < -0.39 is 11.9 Å². The first-order valence-electron chi connectivity index (χ1n) is 11.6. The third-order valence-electron chi connectivity index (χ3n) is 5.42. The number of carbonyl (C=O) groups is 2. The Balaban J connectivity index is 0.000000803. The van der Waals surface area contributed by atoms with Gasteiger partial charge in [-0.1, -0.05) is 25.4 Å². The summed E-state index contributed by atoms with van der Waals surface area (Å²) < 4.78 is 19.3. The molecule has 0 bridgehead atoms. The van der Waals surface area contributed by atoms with Crippen molar-refractivity contribution < 1.29 is 18.7 Å². The summed E-state index contributed by atoms with van der Waals surface area (Å²) in [6.07, 6.45) is 4.34. The van der Waals surface area contributed by atoms with Gasteiger partial charge in [-0.05, 0) is 68.0 Å². The predicted octanol–water partition coefficient (Wildman–Crippen LogP) is 4.90. The number of halogens is 2. The predicted molar refractivity (Wildman–Crippen MR) is 137 cm³/mol. The normalized spacial score (nSPS) is 13.6. The molecule has 2 heterocycles. The van der Waals surface area contributed by atoms with E-state index in [1.807, 2.05) is 18.7 Å². The van der Waals surface area contributed by atoms with Crippen molar-refractivity contribution in [3.05, 3.63) is 63.8 Å². The zero-order chi connectivity index (χ0) is 26.0. The van der Waals surface area contributed by atoms with Crippen LogP contribution in [0.4, 0.5) is 4.39 Å². The van der Waals surface area contributed by atoms with Gasteiger partial charge in [0.15, 0.2) is 6.10 Å². The molecule has 0 aliphatic carbocycles. The number of benzene rings is 2. The second-order valence-electron chi connectivity index (χ2n) is 7.65. The lowest BCUT2D eigenvalue weighted by Gasteiger charge is -2.29. The summed E-state index contributed by atoms with van der Waals surface area (Å²) in [5.74, 6) is -0.0377. The highest BCUT2D eigenvalue weighted by atomic mass is 35.5. The summed E-state index contributed by atoms with van der Waals surface area (Å²) in [4.78, 5) is 38.2. The van der Waals surface area contributed by atoms with Crippen LogP contribution in [0.1, 0.15) is 40.0 Å². The average Bonchev–Trinajstić information content (AvgIpc) is 2.87. The monoisotopic (exact) mass is 503 g/mol. The van der Waals surface area contributed by atoms with Gasteiger partial charge >= 0.3 is 0 Å². The number of piperidine rings is 1. The summed E-state index contributed by atoms with van der Waals surface area (Å²) in [7, 11) is 0. The number of likely N-dealkylation sites (tertiary alicyclic amines) is 1. The lowest BCUT2D eigenvalue weighted by atomic mass is 10.0. The number of carbonyl (C=O) groups excluding carboxylic acids is 2. The number of hydrogen-bond acceptors (Lipinski definition) is 4. The van der Waals surface area contributed by atoms with Gasteiger partial charge in [0.2, 0.25) is 6.41 Å². The summed E-state index contributed by atoms with van der Waals surface area (Å²) in [6, 6.07) is 9.24. The van der Waals surface area contributed by atoms with Crippen LogP contribution in [0.25, 0.3) is 21.9 Å². The average molecular weight is 504 g/mol. The molecule has 1 aliphatic heterocycles. The Bertz CT molecular complexity index is 1210. The molecule has 0 unspecified atom stereocenters. The Morgan fingerprint density at radius 3 is 2.40 bits per heavy atom. The van der Waals surface area contributed by atoms with Crippen molar-refractivity contribution in [2.24, 2.45) is 5.73 Å². The molecule has 1 saturated heterocycles. The number of rotatable bonds is 4. The van der Waals surface area contributed by atoms with Gasteiger partial charge in [0.05, 0.1) is 10.4 Å². The minimum atomic E-state index is -0.644. The van der Waals surface area contributed by atoms with Crippen LogP contribution in [0.2, 0.25) is 5.02 Å². The largest absolute Gasteiger partial charge is 0.481 e. The Hall–Kier alpha value is -3.39. The van der Waals surface area contributed by atoms with Gasteiger partial charge in [-0.15, -0.1) is 0 Å². The molecule has 3 N–H and O–H groups in total. The molecule has 188 valence electrons. The van der Waals surface area contributed by atoms with Crippen LogP contribution in [0.5, 0.6) is 5.75 Å². The number of nitrogens with two attached hydrogens (primary N) is 1.